The van der Waals surface area contributed by atoms with Gasteiger partial charge in [-0.25, -0.2) is 0 Å². The minimum Gasteiger partial charge on any atom is -0.454 e. The first-order chi connectivity index (χ1) is 13.7. The monoisotopic (exact) mass is 431 g/mol. The van der Waals surface area contributed by atoms with E-state index >= 15 is 0 Å². The summed E-state index contributed by atoms with van der Waals surface area (Å²) in [7, 11) is 0. The molecule has 0 aliphatic carbocycles. The van der Waals surface area contributed by atoms with Gasteiger partial charge in [0.05, 0.1) is 15.5 Å². The van der Waals surface area contributed by atoms with Crippen molar-refractivity contribution in [2.24, 2.45) is 0 Å². The largest absolute Gasteiger partial charge is 0.454 e. The lowest BCUT2D eigenvalue weighted by Crippen LogP contribution is -2.28. The molecule has 1 aliphatic heterocycles. The fourth-order valence-corrected chi connectivity index (χ4v) is 2.85. The number of nitro groups is 1. The highest BCUT2D eigenvalue weighted by atomic mass is 35.5. The molecule has 8 nitrogen and oxygen atoms in total. The number of hydrogen-bond acceptors (Lipinski definition) is 6. The minimum absolute atomic E-state index is 0.00401. The third kappa shape index (κ3) is 4.62. The van der Waals surface area contributed by atoms with Crippen molar-refractivity contribution in [3.63, 3.8) is 0 Å². The Kier molecular flexibility index (Phi) is 5.69. The van der Waals surface area contributed by atoms with Crippen LogP contribution in [0, 0.1) is 10.1 Å². The van der Waals surface area contributed by atoms with Crippen LogP contribution in [0.15, 0.2) is 30.3 Å². The molecule has 1 aliphatic rings. The summed E-state index contributed by atoms with van der Waals surface area (Å²) in [6.45, 7) is 0.0786. The van der Waals surface area contributed by atoms with Crippen molar-refractivity contribution in [1.29, 1.82) is 0 Å². The molecule has 0 unspecified atom stereocenters. The van der Waals surface area contributed by atoms with Gasteiger partial charge in [-0.2, -0.15) is 13.2 Å². The van der Waals surface area contributed by atoms with Crippen molar-refractivity contribution in [2.75, 3.05) is 25.2 Å². The summed E-state index contributed by atoms with van der Waals surface area (Å²) in [6.07, 6.45) is -4.69. The predicted molar refractivity (Wildman–Crippen MR) is 96.5 cm³/mol. The zero-order valence-electron chi connectivity index (χ0n) is 14.5. The first-order valence-electron chi connectivity index (χ1n) is 8.13. The molecule has 2 N–H and O–H groups in total. The highest BCUT2D eigenvalue weighted by Crippen LogP contribution is 2.39. The number of anilines is 1. The Balaban J connectivity index is 1.60. The summed E-state index contributed by atoms with van der Waals surface area (Å²) < 4.78 is 48.5. The van der Waals surface area contributed by atoms with Crippen LogP contribution in [-0.2, 0) is 6.18 Å². The van der Waals surface area contributed by atoms with Crippen LogP contribution in [-0.4, -0.2) is 30.7 Å². The topological polar surface area (TPSA) is 103 Å². The summed E-state index contributed by atoms with van der Waals surface area (Å²) in [4.78, 5) is 22.3. The van der Waals surface area contributed by atoms with E-state index in [4.69, 9.17) is 21.1 Å². The molecule has 0 saturated heterocycles. The number of fused-ring (bicyclic) bond motifs is 1. The Labute approximate surface area is 166 Å². The van der Waals surface area contributed by atoms with Gasteiger partial charge in [-0.15, -0.1) is 0 Å². The van der Waals surface area contributed by atoms with Crippen LogP contribution in [0.1, 0.15) is 15.9 Å². The summed E-state index contributed by atoms with van der Waals surface area (Å²) in [5.74, 6) is 0.203. The molecule has 0 spiro atoms. The summed E-state index contributed by atoms with van der Waals surface area (Å²) >= 11 is 6.01. The van der Waals surface area contributed by atoms with E-state index in [9.17, 15) is 28.1 Å². The molecule has 2 aromatic carbocycles. The van der Waals surface area contributed by atoms with E-state index in [-0.39, 0.29) is 36.2 Å². The summed E-state index contributed by atoms with van der Waals surface area (Å²) in [5, 5.41) is 16.5. The first-order valence-corrected chi connectivity index (χ1v) is 8.51. The fourth-order valence-electron chi connectivity index (χ4n) is 2.58. The van der Waals surface area contributed by atoms with Crippen LogP contribution in [0.3, 0.4) is 0 Å². The van der Waals surface area contributed by atoms with Gasteiger partial charge in [-0.05, 0) is 24.3 Å². The van der Waals surface area contributed by atoms with Gasteiger partial charge in [0.1, 0.15) is 5.69 Å². The molecule has 154 valence electrons. The second-order valence-corrected chi connectivity index (χ2v) is 6.27. The van der Waals surface area contributed by atoms with E-state index in [1.807, 2.05) is 0 Å². The lowest BCUT2D eigenvalue weighted by Gasteiger charge is -2.11. The van der Waals surface area contributed by atoms with Crippen molar-refractivity contribution in [3.8, 4) is 11.5 Å². The van der Waals surface area contributed by atoms with Crippen LogP contribution in [0.5, 0.6) is 11.5 Å². The van der Waals surface area contributed by atoms with E-state index in [0.29, 0.717) is 17.6 Å². The Hall–Kier alpha value is -3.21. The van der Waals surface area contributed by atoms with Gasteiger partial charge in [0.25, 0.3) is 11.6 Å². The molecule has 1 heterocycles. The van der Waals surface area contributed by atoms with Gasteiger partial charge >= 0.3 is 6.18 Å². The maximum Gasteiger partial charge on any atom is 0.416 e. The SMILES string of the molecule is O=C(NCCNc1ccc(C(F)(F)F)cc1[N+](=O)[O-])c1cc(Cl)c2c(c1)OCO2. The first kappa shape index (κ1) is 20.5. The van der Waals surface area contributed by atoms with Gasteiger partial charge in [0, 0.05) is 24.7 Å². The number of nitrogens with one attached hydrogen (secondary N) is 2. The number of halogens is 4. The van der Waals surface area contributed by atoms with Crippen LogP contribution < -0.4 is 20.1 Å². The standard InChI is InChI=1S/C17H13ClF3N3O5/c18-11-5-9(6-14-15(11)29-8-28-14)16(25)23-4-3-22-12-2-1-10(17(19,20)21)7-13(12)24(26)27/h1-2,5-7,22H,3-4,8H2,(H,23,25). The molecular weight excluding hydrogens is 419 g/mol. The molecule has 1 amide bonds. The summed E-state index contributed by atoms with van der Waals surface area (Å²) in [5.41, 5.74) is -1.71. The van der Waals surface area contributed by atoms with Crippen molar-refractivity contribution in [2.45, 2.75) is 6.18 Å². The van der Waals surface area contributed by atoms with Gasteiger partial charge in [-0.1, -0.05) is 11.6 Å². The van der Waals surface area contributed by atoms with Gasteiger partial charge in [0.15, 0.2) is 11.5 Å². The van der Waals surface area contributed by atoms with Gasteiger partial charge < -0.3 is 20.1 Å². The highest BCUT2D eigenvalue weighted by molar-refractivity contribution is 6.32. The third-order valence-corrected chi connectivity index (χ3v) is 4.22. The maximum absolute atomic E-state index is 12.7. The number of benzene rings is 2. The highest BCUT2D eigenvalue weighted by Gasteiger charge is 2.33. The molecule has 29 heavy (non-hydrogen) atoms. The lowest BCUT2D eigenvalue weighted by molar-refractivity contribution is -0.384. The zero-order valence-corrected chi connectivity index (χ0v) is 15.3. The van der Waals surface area contributed by atoms with E-state index in [2.05, 4.69) is 10.6 Å². The van der Waals surface area contributed by atoms with Gasteiger partial charge in [-0.3, -0.25) is 14.9 Å². The number of carbonyl (C=O) groups is 1. The molecule has 0 fully saturated rings. The maximum atomic E-state index is 12.7. The van der Waals surface area contributed by atoms with Crippen molar-refractivity contribution >= 4 is 28.9 Å². The van der Waals surface area contributed by atoms with Crippen LogP contribution in [0.4, 0.5) is 24.5 Å². The number of amides is 1. The Bertz CT molecular complexity index is 968. The van der Waals surface area contributed by atoms with E-state index in [0.717, 1.165) is 12.1 Å². The van der Waals surface area contributed by atoms with Crippen molar-refractivity contribution < 1.29 is 32.4 Å². The molecule has 0 saturated carbocycles. The zero-order chi connectivity index (χ0) is 21.2. The third-order valence-electron chi connectivity index (χ3n) is 3.94. The average molecular weight is 432 g/mol. The molecule has 3 rings (SSSR count). The number of nitrogens with zero attached hydrogens (tertiary/aromatic N) is 1. The summed E-state index contributed by atoms with van der Waals surface area (Å²) in [6, 6.07) is 5.02. The normalized spacial score (nSPS) is 12.6. The van der Waals surface area contributed by atoms with E-state index < -0.39 is 28.3 Å². The van der Waals surface area contributed by atoms with Crippen molar-refractivity contribution in [1.82, 2.24) is 5.32 Å². The number of ether oxygens (including phenoxy) is 2. The predicted octanol–water partition coefficient (Wildman–Crippen LogP) is 3.84. The molecule has 12 heteroatoms. The number of hydrogen-bond donors (Lipinski definition) is 2. The molecule has 0 aromatic heterocycles. The average Bonchev–Trinajstić information content (AvgIpc) is 3.13. The lowest BCUT2D eigenvalue weighted by atomic mass is 10.1. The molecule has 0 bridgehead atoms. The molecular formula is C17H13ClF3N3O5. The molecule has 0 atom stereocenters. The number of nitro benzene ring substituents is 1. The Morgan fingerprint density at radius 1 is 1.21 bits per heavy atom. The van der Waals surface area contributed by atoms with E-state index in [1.54, 1.807) is 0 Å². The van der Waals surface area contributed by atoms with Gasteiger partial charge in [0.2, 0.25) is 6.79 Å². The number of alkyl halides is 3. The Morgan fingerprint density at radius 2 is 1.97 bits per heavy atom. The minimum atomic E-state index is -4.69. The quantitative estimate of drug-likeness (QED) is 0.409. The fraction of sp³-hybridized carbons (Fsp3) is 0.235. The second kappa shape index (κ2) is 8.03. The molecule has 2 aromatic rings. The van der Waals surface area contributed by atoms with E-state index in [1.165, 1.54) is 12.1 Å². The second-order valence-electron chi connectivity index (χ2n) is 5.86. The smallest absolute Gasteiger partial charge is 0.416 e. The Morgan fingerprint density at radius 3 is 2.66 bits per heavy atom. The molecule has 0 radical (unpaired) electrons. The van der Waals surface area contributed by atoms with Crippen LogP contribution in [0.2, 0.25) is 5.02 Å². The number of carbonyl (C=O) groups excluding carboxylic acids is 1. The van der Waals surface area contributed by atoms with Crippen LogP contribution >= 0.6 is 11.6 Å². The van der Waals surface area contributed by atoms with Crippen molar-refractivity contribution in [3.05, 3.63) is 56.6 Å². The number of rotatable bonds is 6. The van der Waals surface area contributed by atoms with Crippen LogP contribution in [0.25, 0.3) is 0 Å².